The third-order valence-electron chi connectivity index (χ3n) is 7.94. The fourth-order valence-corrected chi connectivity index (χ4v) is 5.27. The van der Waals surface area contributed by atoms with Gasteiger partial charge in [0.2, 0.25) is 0 Å². The van der Waals surface area contributed by atoms with Gasteiger partial charge in [0.05, 0.1) is 0 Å². The molecule has 3 N–H and O–H groups in total. The van der Waals surface area contributed by atoms with Gasteiger partial charge in [-0.15, -0.1) is 0 Å². The predicted molar refractivity (Wildman–Crippen MR) is 144 cm³/mol. The van der Waals surface area contributed by atoms with E-state index in [0.29, 0.717) is 5.92 Å². The Bertz CT molecular complexity index is 1090. The van der Waals surface area contributed by atoms with Crippen molar-refractivity contribution in [2.24, 2.45) is 23.5 Å². The molecule has 1 heterocycles. The number of benzene rings is 1. The summed E-state index contributed by atoms with van der Waals surface area (Å²) in [6.45, 7) is 19.3. The highest BCUT2D eigenvalue weighted by Gasteiger charge is 2.35. The Labute approximate surface area is 206 Å². The van der Waals surface area contributed by atoms with Crippen LogP contribution in [0, 0.1) is 24.7 Å². The number of nitrogens with one attached hydrogen (secondary N) is 1. The zero-order valence-corrected chi connectivity index (χ0v) is 22.1. The zero-order chi connectivity index (χ0) is 25.2. The average Bonchev–Trinajstić information content (AvgIpc) is 3.13. The van der Waals surface area contributed by atoms with Gasteiger partial charge >= 0.3 is 0 Å². The first-order valence-electron chi connectivity index (χ1n) is 12.8. The summed E-state index contributed by atoms with van der Waals surface area (Å²) < 4.78 is 0. The molecule has 1 saturated heterocycles. The maximum atomic E-state index is 13.1. The van der Waals surface area contributed by atoms with E-state index < -0.39 is 0 Å². The van der Waals surface area contributed by atoms with Gasteiger partial charge in [-0.2, -0.15) is 0 Å². The number of amides is 1. The summed E-state index contributed by atoms with van der Waals surface area (Å²) in [5.41, 5.74) is 16.0. The van der Waals surface area contributed by atoms with Gasteiger partial charge in [-0.05, 0) is 79.2 Å². The zero-order valence-electron chi connectivity index (χ0n) is 22.1. The smallest absolute Gasteiger partial charge is 0.256 e. The standard InChI is InChI=1S/C31H42N2O/c1-9-18(4)20(6)21(7)26(22(8)32)16-29-28-17-27(24(11-3)15-30(28)33-31(29)34)25-14-23(10-2)13-12-19(25)5/h12-17,20-21,24,27H,4,9-11,32H2,1-3,5-8H3,(H,33,34)/b26-22-,29-16-. The van der Waals surface area contributed by atoms with Crippen LogP contribution in [0.3, 0.4) is 0 Å². The van der Waals surface area contributed by atoms with Crippen LogP contribution in [0.25, 0.3) is 0 Å². The van der Waals surface area contributed by atoms with Gasteiger partial charge in [0.25, 0.3) is 5.91 Å². The average molecular weight is 459 g/mol. The minimum Gasteiger partial charge on any atom is -0.402 e. The summed E-state index contributed by atoms with van der Waals surface area (Å²) in [6, 6.07) is 6.80. The number of allylic oxidation sites excluding steroid dienone is 7. The second-order valence-corrected chi connectivity index (χ2v) is 10.0. The number of fused-ring (bicyclic) bond motifs is 1. The molecule has 3 rings (SSSR count). The normalized spacial score (nSPS) is 23.5. The van der Waals surface area contributed by atoms with Crippen LogP contribution in [0.15, 0.2) is 76.7 Å². The highest BCUT2D eigenvalue weighted by atomic mass is 16.2. The van der Waals surface area contributed by atoms with Gasteiger partial charge in [0.1, 0.15) is 0 Å². The van der Waals surface area contributed by atoms with Crippen molar-refractivity contribution in [2.75, 3.05) is 0 Å². The molecule has 1 aliphatic heterocycles. The quantitative estimate of drug-likeness (QED) is 0.325. The van der Waals surface area contributed by atoms with Crippen LogP contribution >= 0.6 is 0 Å². The van der Waals surface area contributed by atoms with Crippen LogP contribution in [-0.2, 0) is 11.2 Å². The minimum absolute atomic E-state index is 0.0417. The van der Waals surface area contributed by atoms with Gasteiger partial charge in [0.15, 0.2) is 0 Å². The Morgan fingerprint density at radius 2 is 1.88 bits per heavy atom. The Morgan fingerprint density at radius 3 is 2.47 bits per heavy atom. The van der Waals surface area contributed by atoms with Crippen LogP contribution < -0.4 is 11.1 Å². The number of carbonyl (C=O) groups excluding carboxylic acids is 1. The topological polar surface area (TPSA) is 55.1 Å². The molecular formula is C31H42N2O. The molecule has 1 fully saturated rings. The summed E-state index contributed by atoms with van der Waals surface area (Å²) in [4.78, 5) is 13.1. The van der Waals surface area contributed by atoms with Crippen molar-refractivity contribution in [2.45, 2.75) is 73.6 Å². The fourth-order valence-electron chi connectivity index (χ4n) is 5.27. The summed E-state index contributed by atoms with van der Waals surface area (Å²) in [5, 5.41) is 3.13. The van der Waals surface area contributed by atoms with Crippen LogP contribution in [0.5, 0.6) is 0 Å². The Hall–Kier alpha value is -2.81. The molecular weight excluding hydrogens is 416 g/mol. The van der Waals surface area contributed by atoms with E-state index >= 15 is 0 Å². The summed E-state index contributed by atoms with van der Waals surface area (Å²) >= 11 is 0. The van der Waals surface area contributed by atoms with Crippen molar-refractivity contribution in [3.8, 4) is 0 Å². The van der Waals surface area contributed by atoms with E-state index in [1.54, 1.807) is 0 Å². The molecule has 34 heavy (non-hydrogen) atoms. The molecule has 0 radical (unpaired) electrons. The molecule has 1 aromatic carbocycles. The Morgan fingerprint density at radius 1 is 1.18 bits per heavy atom. The maximum absolute atomic E-state index is 13.1. The lowest BCUT2D eigenvalue weighted by molar-refractivity contribution is -0.115. The first-order valence-corrected chi connectivity index (χ1v) is 12.8. The van der Waals surface area contributed by atoms with E-state index in [1.807, 2.05) is 13.0 Å². The molecule has 0 spiro atoms. The highest BCUT2D eigenvalue weighted by Crippen LogP contribution is 2.43. The molecule has 0 aromatic heterocycles. The fraction of sp³-hybridized carbons (Fsp3) is 0.452. The van der Waals surface area contributed by atoms with E-state index in [9.17, 15) is 4.79 Å². The first kappa shape index (κ1) is 25.8. The van der Waals surface area contributed by atoms with Crippen LogP contribution in [-0.4, -0.2) is 5.91 Å². The molecule has 3 heteroatoms. The van der Waals surface area contributed by atoms with Crippen molar-refractivity contribution in [3.05, 3.63) is 93.4 Å². The van der Waals surface area contributed by atoms with Crippen molar-refractivity contribution >= 4 is 5.91 Å². The lowest BCUT2D eigenvalue weighted by Crippen LogP contribution is -2.18. The van der Waals surface area contributed by atoms with Gasteiger partial charge < -0.3 is 11.1 Å². The number of carbonyl (C=O) groups is 1. The van der Waals surface area contributed by atoms with Gasteiger partial charge in [-0.1, -0.05) is 77.1 Å². The number of nitrogens with two attached hydrogens (primary N) is 1. The molecule has 4 unspecified atom stereocenters. The molecule has 1 aromatic rings. The molecule has 4 atom stereocenters. The van der Waals surface area contributed by atoms with Crippen LogP contribution in [0.1, 0.15) is 77.0 Å². The summed E-state index contributed by atoms with van der Waals surface area (Å²) in [5.74, 6) is 1.01. The maximum Gasteiger partial charge on any atom is 0.256 e. The third kappa shape index (κ3) is 4.99. The number of aryl methyl sites for hydroxylation is 2. The first-order chi connectivity index (χ1) is 16.1. The predicted octanol–water partition coefficient (Wildman–Crippen LogP) is 7.02. The van der Waals surface area contributed by atoms with Crippen molar-refractivity contribution in [1.29, 1.82) is 0 Å². The number of rotatable bonds is 8. The third-order valence-corrected chi connectivity index (χ3v) is 7.94. The largest absolute Gasteiger partial charge is 0.402 e. The minimum atomic E-state index is -0.0417. The van der Waals surface area contributed by atoms with E-state index in [4.69, 9.17) is 5.73 Å². The molecule has 0 bridgehead atoms. The van der Waals surface area contributed by atoms with E-state index in [-0.39, 0.29) is 23.7 Å². The molecule has 1 aliphatic carbocycles. The lowest BCUT2D eigenvalue weighted by Gasteiger charge is -2.28. The van der Waals surface area contributed by atoms with Gasteiger partial charge in [-0.3, -0.25) is 4.79 Å². The van der Waals surface area contributed by atoms with Crippen molar-refractivity contribution < 1.29 is 4.79 Å². The SMILES string of the molecule is C=C(CC)C(C)C(C)C(/C=C1\C(=O)NC2=CC(CC)C(c3cc(CC)ccc3C)C=C21)=C(/C)N. The molecule has 1 amide bonds. The molecule has 2 aliphatic rings. The lowest BCUT2D eigenvalue weighted by atomic mass is 9.76. The number of hydrogen-bond acceptors (Lipinski definition) is 2. The molecule has 3 nitrogen and oxygen atoms in total. The Balaban J connectivity index is 2.10. The van der Waals surface area contributed by atoms with Gasteiger partial charge in [-0.25, -0.2) is 0 Å². The van der Waals surface area contributed by atoms with Gasteiger partial charge in [0, 0.05) is 28.5 Å². The van der Waals surface area contributed by atoms with Crippen LogP contribution in [0.2, 0.25) is 0 Å². The van der Waals surface area contributed by atoms with E-state index in [0.717, 1.165) is 47.4 Å². The van der Waals surface area contributed by atoms with Crippen LogP contribution in [0.4, 0.5) is 0 Å². The Kier molecular flexibility index (Phi) is 8.07. The number of hydrogen-bond donors (Lipinski definition) is 2. The summed E-state index contributed by atoms with van der Waals surface area (Å²) in [6.07, 6.45) is 9.58. The van der Waals surface area contributed by atoms with Crippen molar-refractivity contribution in [3.63, 3.8) is 0 Å². The summed E-state index contributed by atoms with van der Waals surface area (Å²) in [7, 11) is 0. The highest BCUT2D eigenvalue weighted by molar-refractivity contribution is 6.05. The second kappa shape index (κ2) is 10.6. The van der Waals surface area contributed by atoms with Crippen molar-refractivity contribution in [1.82, 2.24) is 5.32 Å². The monoisotopic (exact) mass is 458 g/mol. The molecule has 182 valence electrons. The molecule has 0 saturated carbocycles. The van der Waals surface area contributed by atoms with E-state index in [2.05, 4.69) is 83.8 Å². The van der Waals surface area contributed by atoms with E-state index in [1.165, 1.54) is 22.3 Å². The second-order valence-electron chi connectivity index (χ2n) is 10.0.